The summed E-state index contributed by atoms with van der Waals surface area (Å²) in [6, 6.07) is 5.08. The smallest absolute Gasteiger partial charge is 0.313 e. The number of amides is 2. The number of hydrogen-bond donors (Lipinski definition) is 2. The van der Waals surface area contributed by atoms with E-state index in [0.29, 0.717) is 44.2 Å². The third-order valence-corrected chi connectivity index (χ3v) is 6.02. The van der Waals surface area contributed by atoms with E-state index in [2.05, 4.69) is 15.5 Å². The van der Waals surface area contributed by atoms with Gasteiger partial charge in [0.05, 0.1) is 25.2 Å². The van der Waals surface area contributed by atoms with Crippen molar-refractivity contribution in [2.24, 2.45) is 0 Å². The lowest BCUT2D eigenvalue weighted by atomic mass is 10.0. The van der Waals surface area contributed by atoms with E-state index < -0.39 is 21.8 Å². The Bertz CT molecular complexity index is 836. The molecule has 1 fully saturated rings. The van der Waals surface area contributed by atoms with Crippen LogP contribution in [0.2, 0.25) is 0 Å². The number of nitrogens with zero attached hydrogens (tertiary/aromatic N) is 2. The van der Waals surface area contributed by atoms with Gasteiger partial charge in [-0.2, -0.15) is 0 Å². The molecule has 9 nitrogen and oxygen atoms in total. The highest BCUT2D eigenvalue weighted by atomic mass is 32.2. The Kier molecular flexibility index (Phi) is 6.53. The molecule has 0 radical (unpaired) electrons. The lowest BCUT2D eigenvalue weighted by Crippen LogP contribution is -2.43. The second-order valence-electron chi connectivity index (χ2n) is 6.95. The number of fused-ring (bicyclic) bond motifs is 1. The van der Waals surface area contributed by atoms with Crippen LogP contribution in [0.15, 0.2) is 18.2 Å². The summed E-state index contributed by atoms with van der Waals surface area (Å²) >= 11 is 0. The molecule has 0 unspecified atom stereocenters. The molecular formula is C18H26N4O5S. The molecule has 0 aromatic heterocycles. The van der Waals surface area contributed by atoms with E-state index in [-0.39, 0.29) is 0 Å². The molecule has 0 aliphatic carbocycles. The third kappa shape index (κ3) is 5.21. The average Bonchev–Trinajstić information content (AvgIpc) is 2.67. The summed E-state index contributed by atoms with van der Waals surface area (Å²) in [6.45, 7) is 4.42. The molecule has 0 spiro atoms. The van der Waals surface area contributed by atoms with Crippen molar-refractivity contribution >= 4 is 33.2 Å². The van der Waals surface area contributed by atoms with Gasteiger partial charge in [-0.25, -0.2) is 8.42 Å². The monoisotopic (exact) mass is 410 g/mol. The molecule has 0 bridgehead atoms. The van der Waals surface area contributed by atoms with Gasteiger partial charge in [-0.3, -0.25) is 18.8 Å². The summed E-state index contributed by atoms with van der Waals surface area (Å²) in [7, 11) is -3.40. The summed E-state index contributed by atoms with van der Waals surface area (Å²) in [6.07, 6.45) is 2.68. The van der Waals surface area contributed by atoms with Crippen LogP contribution in [0.25, 0.3) is 0 Å². The van der Waals surface area contributed by atoms with Crippen LogP contribution in [-0.2, 0) is 30.8 Å². The molecule has 154 valence electrons. The Hall–Kier alpha value is -2.17. The quantitative estimate of drug-likeness (QED) is 0.650. The maximum absolute atomic E-state index is 12.2. The first kappa shape index (κ1) is 20.6. The van der Waals surface area contributed by atoms with Gasteiger partial charge in [0.15, 0.2) is 0 Å². The first-order chi connectivity index (χ1) is 13.3. The third-order valence-electron chi connectivity index (χ3n) is 4.84. The van der Waals surface area contributed by atoms with Crippen LogP contribution in [-0.4, -0.2) is 77.3 Å². The second kappa shape index (κ2) is 8.89. The van der Waals surface area contributed by atoms with Gasteiger partial charge in [-0.1, -0.05) is 6.07 Å². The van der Waals surface area contributed by atoms with Crippen molar-refractivity contribution in [3.05, 3.63) is 23.8 Å². The number of nitrogens with one attached hydrogen (secondary N) is 2. The van der Waals surface area contributed by atoms with Gasteiger partial charge < -0.3 is 15.4 Å². The van der Waals surface area contributed by atoms with Crippen molar-refractivity contribution in [1.82, 2.24) is 10.2 Å². The van der Waals surface area contributed by atoms with Crippen LogP contribution in [0.4, 0.5) is 11.4 Å². The Morgan fingerprint density at radius 1 is 1.14 bits per heavy atom. The van der Waals surface area contributed by atoms with Crippen LogP contribution >= 0.6 is 0 Å². The molecule has 2 heterocycles. The fourth-order valence-corrected chi connectivity index (χ4v) is 4.37. The highest BCUT2D eigenvalue weighted by Crippen LogP contribution is 2.31. The van der Waals surface area contributed by atoms with E-state index in [4.69, 9.17) is 4.74 Å². The number of morpholine rings is 1. The molecule has 1 aromatic rings. The number of aryl methyl sites for hydroxylation is 1. The van der Waals surface area contributed by atoms with E-state index in [1.807, 2.05) is 0 Å². The number of ether oxygens (including phenoxy) is 1. The zero-order valence-corrected chi connectivity index (χ0v) is 16.8. The van der Waals surface area contributed by atoms with Crippen molar-refractivity contribution in [3.8, 4) is 0 Å². The Balaban J connectivity index is 1.57. The zero-order chi connectivity index (χ0) is 20.1. The SMILES string of the molecule is CS(=O)(=O)N1CCCc2ccc(NC(=O)C(=O)NCCN3CCOCC3)cc21. The van der Waals surface area contributed by atoms with Crippen molar-refractivity contribution in [2.45, 2.75) is 12.8 Å². The molecule has 0 saturated carbocycles. The number of sulfonamides is 1. The number of rotatable bonds is 5. The number of carbonyl (C=O) groups excluding carboxylic acids is 2. The minimum Gasteiger partial charge on any atom is -0.379 e. The second-order valence-corrected chi connectivity index (χ2v) is 8.85. The highest BCUT2D eigenvalue weighted by Gasteiger charge is 2.25. The van der Waals surface area contributed by atoms with E-state index in [0.717, 1.165) is 37.8 Å². The fraction of sp³-hybridized carbons (Fsp3) is 0.556. The standard InChI is InChI=1S/C18H26N4O5S/c1-28(25,26)22-7-2-3-14-4-5-15(13-16(14)22)20-18(24)17(23)19-6-8-21-9-11-27-12-10-21/h4-5,13H,2-3,6-12H2,1H3,(H,19,23)(H,20,24). The first-order valence-corrected chi connectivity index (χ1v) is 11.2. The molecule has 1 saturated heterocycles. The minimum atomic E-state index is -3.40. The predicted molar refractivity (Wildman–Crippen MR) is 106 cm³/mol. The van der Waals surface area contributed by atoms with Crippen LogP contribution in [0.1, 0.15) is 12.0 Å². The zero-order valence-electron chi connectivity index (χ0n) is 15.9. The number of carbonyl (C=O) groups is 2. The summed E-state index contributed by atoms with van der Waals surface area (Å²) in [5.74, 6) is -1.49. The molecule has 10 heteroatoms. The lowest BCUT2D eigenvalue weighted by molar-refractivity contribution is -0.136. The van der Waals surface area contributed by atoms with E-state index >= 15 is 0 Å². The van der Waals surface area contributed by atoms with Crippen LogP contribution < -0.4 is 14.9 Å². The van der Waals surface area contributed by atoms with Crippen molar-refractivity contribution in [2.75, 3.05) is 61.8 Å². The molecule has 1 aromatic carbocycles. The van der Waals surface area contributed by atoms with Gasteiger partial charge in [0.1, 0.15) is 0 Å². The Labute approximate surface area is 165 Å². The number of hydrogen-bond acceptors (Lipinski definition) is 6. The first-order valence-electron chi connectivity index (χ1n) is 9.34. The Morgan fingerprint density at radius 2 is 1.89 bits per heavy atom. The van der Waals surface area contributed by atoms with Crippen molar-refractivity contribution in [1.29, 1.82) is 0 Å². The molecule has 2 N–H and O–H groups in total. The summed E-state index contributed by atoms with van der Waals surface area (Å²) < 4.78 is 30.6. The van der Waals surface area contributed by atoms with Gasteiger partial charge in [0.25, 0.3) is 0 Å². The van der Waals surface area contributed by atoms with Gasteiger partial charge in [-0.15, -0.1) is 0 Å². The van der Waals surface area contributed by atoms with Gasteiger partial charge in [0, 0.05) is 38.4 Å². The Morgan fingerprint density at radius 3 is 2.61 bits per heavy atom. The molecule has 28 heavy (non-hydrogen) atoms. The van der Waals surface area contributed by atoms with E-state index in [1.54, 1.807) is 18.2 Å². The normalized spacial score (nSPS) is 17.7. The van der Waals surface area contributed by atoms with Crippen molar-refractivity contribution in [3.63, 3.8) is 0 Å². The molecule has 2 amide bonds. The fourth-order valence-electron chi connectivity index (χ4n) is 3.38. The average molecular weight is 410 g/mol. The predicted octanol–water partition coefficient (Wildman–Crippen LogP) is -0.214. The minimum absolute atomic E-state index is 0.373. The molecule has 2 aliphatic heterocycles. The van der Waals surface area contributed by atoms with Gasteiger partial charge >= 0.3 is 11.8 Å². The number of anilines is 2. The molecular weight excluding hydrogens is 384 g/mol. The van der Waals surface area contributed by atoms with Crippen LogP contribution in [0.3, 0.4) is 0 Å². The van der Waals surface area contributed by atoms with Crippen LogP contribution in [0.5, 0.6) is 0 Å². The maximum atomic E-state index is 12.2. The molecule has 3 rings (SSSR count). The lowest BCUT2D eigenvalue weighted by Gasteiger charge is -2.29. The van der Waals surface area contributed by atoms with Gasteiger partial charge in [0.2, 0.25) is 10.0 Å². The highest BCUT2D eigenvalue weighted by molar-refractivity contribution is 7.92. The van der Waals surface area contributed by atoms with E-state index in [9.17, 15) is 18.0 Å². The topological polar surface area (TPSA) is 108 Å². The van der Waals surface area contributed by atoms with Gasteiger partial charge in [-0.05, 0) is 30.5 Å². The van der Waals surface area contributed by atoms with Crippen molar-refractivity contribution < 1.29 is 22.7 Å². The molecule has 2 aliphatic rings. The summed E-state index contributed by atoms with van der Waals surface area (Å²) in [4.78, 5) is 26.3. The molecule has 0 atom stereocenters. The summed E-state index contributed by atoms with van der Waals surface area (Å²) in [5, 5.41) is 5.15. The van der Waals surface area contributed by atoms with Crippen LogP contribution in [0, 0.1) is 0 Å². The largest absolute Gasteiger partial charge is 0.379 e. The maximum Gasteiger partial charge on any atom is 0.313 e. The number of benzene rings is 1. The summed E-state index contributed by atoms with van der Waals surface area (Å²) in [5.41, 5.74) is 1.85. The van der Waals surface area contributed by atoms with E-state index in [1.165, 1.54) is 4.31 Å².